The van der Waals surface area contributed by atoms with E-state index in [0.29, 0.717) is 50.5 Å². The first kappa shape index (κ1) is 30.2. The van der Waals surface area contributed by atoms with Gasteiger partial charge in [-0.25, -0.2) is 4.79 Å². The highest BCUT2D eigenvalue weighted by Gasteiger charge is 2.71. The molecule has 2 aliphatic carbocycles. The molecular weight excluding hydrogens is 488 g/mol. The summed E-state index contributed by atoms with van der Waals surface area (Å²) < 4.78 is 11.5. The van der Waals surface area contributed by atoms with E-state index < -0.39 is 16.4 Å². The Labute approximate surface area is 236 Å². The first-order valence-corrected chi connectivity index (χ1v) is 15.6. The summed E-state index contributed by atoms with van der Waals surface area (Å²) >= 11 is 0. The number of carbonyl (C=O) groups excluding carboxylic acids is 2. The van der Waals surface area contributed by atoms with Crippen molar-refractivity contribution in [1.82, 2.24) is 0 Å². The molecule has 39 heavy (non-hydrogen) atoms. The summed E-state index contributed by atoms with van der Waals surface area (Å²) in [5.74, 6) is 7.77. The summed E-state index contributed by atoms with van der Waals surface area (Å²) in [4.78, 5) is 24.7. The number of hydrogen-bond donors (Lipinski definition) is 1. The van der Waals surface area contributed by atoms with Crippen molar-refractivity contribution in [3.8, 4) is 11.8 Å². The van der Waals surface area contributed by atoms with Gasteiger partial charge in [-0.15, -0.1) is 5.92 Å². The van der Waals surface area contributed by atoms with Crippen molar-refractivity contribution in [3.05, 3.63) is 11.6 Å². The van der Waals surface area contributed by atoms with Crippen molar-refractivity contribution in [2.45, 2.75) is 137 Å². The fraction of sp³-hybridized carbons (Fsp3) is 0.824. The van der Waals surface area contributed by atoms with E-state index in [1.165, 1.54) is 12.8 Å². The Bertz CT molecular complexity index is 1010. The van der Waals surface area contributed by atoms with Gasteiger partial charge in [0, 0.05) is 30.3 Å². The van der Waals surface area contributed by atoms with Gasteiger partial charge in [-0.05, 0) is 61.9 Å². The SMILES string of the molecule is CC(C)CCC(C)CCCC12CCCC(C)(C)C1C1CC(C)(C#CCCC(=O)O1)C2(O)CCC1=CC(=O)OC1. The Kier molecular flexibility index (Phi) is 8.97. The second-order valence-electron chi connectivity index (χ2n) is 14.6. The normalized spacial score (nSPS) is 36.4. The average molecular weight is 541 g/mol. The number of ether oxygens (including phenoxy) is 2. The maximum atomic E-state index is 13.3. The molecule has 0 spiro atoms. The van der Waals surface area contributed by atoms with Crippen LogP contribution in [-0.4, -0.2) is 35.4 Å². The second-order valence-corrected chi connectivity index (χ2v) is 14.6. The summed E-state index contributed by atoms with van der Waals surface area (Å²) in [6.07, 6.45) is 12.4. The minimum Gasteiger partial charge on any atom is -0.462 e. The van der Waals surface area contributed by atoms with Crippen LogP contribution in [0.5, 0.6) is 0 Å². The van der Waals surface area contributed by atoms with E-state index in [1.807, 2.05) is 0 Å². The molecule has 0 saturated heterocycles. The molecule has 2 saturated carbocycles. The smallest absolute Gasteiger partial charge is 0.331 e. The fourth-order valence-corrected chi connectivity index (χ4v) is 8.83. The predicted molar refractivity (Wildman–Crippen MR) is 153 cm³/mol. The van der Waals surface area contributed by atoms with Crippen molar-refractivity contribution in [2.75, 3.05) is 6.61 Å². The highest BCUT2D eigenvalue weighted by atomic mass is 16.5. The average Bonchev–Trinajstić information content (AvgIpc) is 3.29. The quantitative estimate of drug-likeness (QED) is 0.235. The number of rotatable bonds is 10. The molecule has 2 bridgehead atoms. The summed E-state index contributed by atoms with van der Waals surface area (Å²) in [5.41, 5.74) is -1.33. The number of cyclic esters (lactones) is 1. The first-order valence-electron chi connectivity index (χ1n) is 15.6. The molecule has 4 rings (SSSR count). The van der Waals surface area contributed by atoms with Crippen LogP contribution < -0.4 is 0 Å². The number of esters is 2. The molecule has 0 aromatic rings. The zero-order chi connectivity index (χ0) is 28.5. The lowest BCUT2D eigenvalue weighted by atomic mass is 9.38. The summed E-state index contributed by atoms with van der Waals surface area (Å²) in [7, 11) is 0. The number of aliphatic hydroxyl groups is 1. The van der Waals surface area contributed by atoms with Crippen LogP contribution in [0, 0.1) is 45.8 Å². The van der Waals surface area contributed by atoms with Gasteiger partial charge < -0.3 is 14.6 Å². The van der Waals surface area contributed by atoms with E-state index in [4.69, 9.17) is 9.47 Å². The predicted octanol–water partition coefficient (Wildman–Crippen LogP) is 7.16. The molecule has 2 heterocycles. The van der Waals surface area contributed by atoms with Gasteiger partial charge in [-0.3, -0.25) is 4.79 Å². The maximum Gasteiger partial charge on any atom is 0.331 e. The van der Waals surface area contributed by atoms with Crippen LogP contribution >= 0.6 is 0 Å². The van der Waals surface area contributed by atoms with Gasteiger partial charge in [0.1, 0.15) is 12.7 Å². The van der Waals surface area contributed by atoms with Crippen molar-refractivity contribution < 1.29 is 24.2 Å². The minimum absolute atomic E-state index is 0.0575. The summed E-state index contributed by atoms with van der Waals surface area (Å²) in [6, 6.07) is 0. The fourth-order valence-electron chi connectivity index (χ4n) is 8.83. The lowest BCUT2D eigenvalue weighted by Gasteiger charge is -2.68. The van der Waals surface area contributed by atoms with Crippen LogP contribution in [0.25, 0.3) is 0 Å². The minimum atomic E-state index is -1.07. The van der Waals surface area contributed by atoms with Crippen LogP contribution in [0.4, 0.5) is 0 Å². The maximum absolute atomic E-state index is 13.3. The summed E-state index contributed by atoms with van der Waals surface area (Å²) in [5, 5.41) is 13.3. The molecule has 1 N–H and O–H groups in total. The molecule has 0 aromatic carbocycles. The van der Waals surface area contributed by atoms with Crippen LogP contribution in [0.3, 0.4) is 0 Å². The zero-order valence-corrected chi connectivity index (χ0v) is 25.4. The van der Waals surface area contributed by atoms with Gasteiger partial charge in [0.15, 0.2) is 0 Å². The third kappa shape index (κ3) is 5.97. The molecule has 2 aliphatic heterocycles. The first-order chi connectivity index (χ1) is 18.3. The van der Waals surface area contributed by atoms with Crippen molar-refractivity contribution in [2.24, 2.45) is 34.0 Å². The molecule has 0 amide bonds. The van der Waals surface area contributed by atoms with Gasteiger partial charge in [0.2, 0.25) is 0 Å². The van der Waals surface area contributed by atoms with Gasteiger partial charge >= 0.3 is 11.9 Å². The molecule has 0 aromatic heterocycles. The highest BCUT2D eigenvalue weighted by molar-refractivity contribution is 5.85. The van der Waals surface area contributed by atoms with Gasteiger partial charge in [-0.1, -0.05) is 72.6 Å². The molecule has 5 nitrogen and oxygen atoms in total. The van der Waals surface area contributed by atoms with E-state index in [0.717, 1.165) is 44.1 Å². The molecule has 0 radical (unpaired) electrons. The van der Waals surface area contributed by atoms with E-state index in [-0.39, 0.29) is 29.4 Å². The third-order valence-corrected chi connectivity index (χ3v) is 10.8. The van der Waals surface area contributed by atoms with Crippen LogP contribution in [0.2, 0.25) is 0 Å². The van der Waals surface area contributed by atoms with Gasteiger partial charge in [-0.2, -0.15) is 0 Å². The lowest BCUT2D eigenvalue weighted by molar-refractivity contribution is -0.276. The van der Waals surface area contributed by atoms with Gasteiger partial charge in [0.05, 0.1) is 17.4 Å². The standard InChI is InChI=1S/C34H52O5/c1-24(2)13-14-25(3)11-9-18-33-19-10-16-31(4,5)30(33)27-22-32(6,17-8-7-12-28(35)39-27)34(33,37)20-15-26-21-29(36)38-23-26/h21,24-25,27,30,37H,7,9-16,18-20,22-23H2,1-6H3. The Morgan fingerprint density at radius 2 is 1.85 bits per heavy atom. The molecule has 2 fully saturated rings. The summed E-state index contributed by atoms with van der Waals surface area (Å²) in [6.45, 7) is 14.0. The molecule has 6 atom stereocenters. The van der Waals surface area contributed by atoms with Gasteiger partial charge in [0.25, 0.3) is 0 Å². The molecule has 4 aliphatic rings. The van der Waals surface area contributed by atoms with Crippen molar-refractivity contribution in [3.63, 3.8) is 0 Å². The monoisotopic (exact) mass is 540 g/mol. The topological polar surface area (TPSA) is 72.8 Å². The number of hydrogen-bond acceptors (Lipinski definition) is 5. The number of carbonyl (C=O) groups is 2. The molecule has 6 unspecified atom stereocenters. The lowest BCUT2D eigenvalue weighted by Crippen LogP contribution is -2.71. The second kappa shape index (κ2) is 11.6. The Morgan fingerprint density at radius 3 is 2.54 bits per heavy atom. The Balaban J connectivity index is 1.75. The zero-order valence-electron chi connectivity index (χ0n) is 25.4. The number of fused-ring (bicyclic) bond motifs is 4. The van der Waals surface area contributed by atoms with Crippen molar-refractivity contribution in [1.29, 1.82) is 0 Å². The largest absolute Gasteiger partial charge is 0.462 e. The Hall–Kier alpha value is -1.80. The third-order valence-electron chi connectivity index (χ3n) is 10.8. The molecular formula is C34H52O5. The molecule has 5 heteroatoms. The van der Waals surface area contributed by atoms with Crippen LogP contribution in [-0.2, 0) is 19.1 Å². The van der Waals surface area contributed by atoms with E-state index in [9.17, 15) is 14.7 Å². The van der Waals surface area contributed by atoms with E-state index in [1.54, 1.807) is 6.08 Å². The van der Waals surface area contributed by atoms with Crippen molar-refractivity contribution >= 4 is 11.9 Å². The van der Waals surface area contributed by atoms with Crippen LogP contribution in [0.1, 0.15) is 125 Å². The Morgan fingerprint density at radius 1 is 1.08 bits per heavy atom. The van der Waals surface area contributed by atoms with Crippen LogP contribution in [0.15, 0.2) is 11.6 Å². The molecule has 218 valence electrons. The van der Waals surface area contributed by atoms with E-state index >= 15 is 0 Å². The van der Waals surface area contributed by atoms with E-state index in [2.05, 4.69) is 53.4 Å². The highest BCUT2D eigenvalue weighted by Crippen LogP contribution is 2.69.